The Morgan fingerprint density at radius 3 is 2.61 bits per heavy atom. The van der Waals surface area contributed by atoms with E-state index in [0.29, 0.717) is 5.41 Å². The van der Waals surface area contributed by atoms with E-state index in [2.05, 4.69) is 38.1 Å². The van der Waals surface area contributed by atoms with E-state index in [-0.39, 0.29) is 6.04 Å². The monoisotopic (exact) mass is 245 g/mol. The molecule has 18 heavy (non-hydrogen) atoms. The topological polar surface area (TPSA) is 26.0 Å². The highest BCUT2D eigenvalue weighted by Gasteiger charge is 2.33. The predicted molar refractivity (Wildman–Crippen MR) is 78.6 cm³/mol. The molecule has 1 aliphatic carbocycles. The van der Waals surface area contributed by atoms with Crippen LogP contribution in [0.25, 0.3) is 0 Å². The van der Waals surface area contributed by atoms with Gasteiger partial charge in [0.25, 0.3) is 0 Å². The van der Waals surface area contributed by atoms with Gasteiger partial charge >= 0.3 is 0 Å². The summed E-state index contributed by atoms with van der Waals surface area (Å²) in [7, 11) is 0. The van der Waals surface area contributed by atoms with Crippen molar-refractivity contribution in [3.8, 4) is 0 Å². The van der Waals surface area contributed by atoms with Crippen molar-refractivity contribution < 1.29 is 0 Å². The van der Waals surface area contributed by atoms with Crippen LogP contribution in [0.15, 0.2) is 24.3 Å². The molecule has 0 radical (unpaired) electrons. The molecule has 2 N–H and O–H groups in total. The summed E-state index contributed by atoms with van der Waals surface area (Å²) in [6, 6.07) is 9.14. The zero-order chi connectivity index (χ0) is 13.0. The zero-order valence-corrected chi connectivity index (χ0v) is 11.9. The van der Waals surface area contributed by atoms with E-state index in [1.54, 1.807) is 0 Å². The maximum atomic E-state index is 6.57. The molecule has 0 amide bonds. The zero-order valence-electron chi connectivity index (χ0n) is 11.9. The van der Waals surface area contributed by atoms with E-state index in [0.717, 1.165) is 6.42 Å². The quantitative estimate of drug-likeness (QED) is 0.823. The van der Waals surface area contributed by atoms with Crippen molar-refractivity contribution in [2.24, 2.45) is 11.1 Å². The van der Waals surface area contributed by atoms with Crippen LogP contribution in [-0.2, 0) is 6.42 Å². The van der Waals surface area contributed by atoms with Gasteiger partial charge in [-0.1, -0.05) is 63.8 Å². The van der Waals surface area contributed by atoms with Crippen molar-refractivity contribution in [2.45, 2.75) is 64.8 Å². The van der Waals surface area contributed by atoms with Crippen LogP contribution >= 0.6 is 0 Å². The lowest BCUT2D eigenvalue weighted by Crippen LogP contribution is -2.33. The molecule has 1 nitrogen and oxygen atoms in total. The Kier molecular flexibility index (Phi) is 4.45. The lowest BCUT2D eigenvalue weighted by Gasteiger charge is -2.39. The van der Waals surface area contributed by atoms with Crippen LogP contribution in [0, 0.1) is 5.41 Å². The van der Waals surface area contributed by atoms with Crippen LogP contribution in [0.4, 0.5) is 0 Å². The molecule has 100 valence electrons. The Hall–Kier alpha value is -0.820. The molecular weight excluding hydrogens is 218 g/mol. The molecule has 2 rings (SSSR count). The highest BCUT2D eigenvalue weighted by molar-refractivity contribution is 5.27. The molecule has 0 bridgehead atoms. The Labute approximate surface area is 112 Å². The summed E-state index contributed by atoms with van der Waals surface area (Å²) in [5.41, 5.74) is 9.65. The van der Waals surface area contributed by atoms with Crippen LogP contribution in [0.3, 0.4) is 0 Å². The van der Waals surface area contributed by atoms with Gasteiger partial charge in [0, 0.05) is 6.04 Å². The molecule has 1 aromatic carbocycles. The number of rotatable bonds is 4. The molecule has 0 heterocycles. The first-order valence-electron chi connectivity index (χ1n) is 7.50. The van der Waals surface area contributed by atoms with Gasteiger partial charge in [0.1, 0.15) is 0 Å². The van der Waals surface area contributed by atoms with Crippen LogP contribution in [0.2, 0.25) is 0 Å². The number of benzene rings is 1. The Morgan fingerprint density at radius 2 is 1.94 bits per heavy atom. The summed E-state index contributed by atoms with van der Waals surface area (Å²) < 4.78 is 0. The lowest BCUT2D eigenvalue weighted by molar-refractivity contribution is 0.170. The predicted octanol–water partition coefficient (Wildman–Crippen LogP) is 4.61. The summed E-state index contributed by atoms with van der Waals surface area (Å²) in [6.07, 6.45) is 9.02. The summed E-state index contributed by atoms with van der Waals surface area (Å²) in [6.45, 7) is 4.61. The number of aryl methyl sites for hydroxylation is 1. The fourth-order valence-electron chi connectivity index (χ4n) is 3.30. The highest BCUT2D eigenvalue weighted by atomic mass is 14.7. The van der Waals surface area contributed by atoms with Gasteiger partial charge in [-0.05, 0) is 35.8 Å². The molecule has 0 aromatic heterocycles. The largest absolute Gasteiger partial charge is 0.323 e. The highest BCUT2D eigenvalue weighted by Crippen LogP contribution is 2.44. The lowest BCUT2D eigenvalue weighted by atomic mass is 9.69. The molecule has 0 aliphatic heterocycles. The van der Waals surface area contributed by atoms with Gasteiger partial charge in [0.05, 0.1) is 0 Å². The Bertz CT molecular complexity index is 377. The molecule has 1 fully saturated rings. The van der Waals surface area contributed by atoms with Gasteiger partial charge in [-0.3, -0.25) is 0 Å². The Morgan fingerprint density at radius 1 is 1.22 bits per heavy atom. The number of hydrogen-bond acceptors (Lipinski definition) is 1. The molecule has 1 saturated carbocycles. The average Bonchev–Trinajstić information content (AvgIpc) is 2.39. The molecule has 1 aliphatic rings. The minimum absolute atomic E-state index is 0.203. The maximum Gasteiger partial charge on any atom is 0.0349 e. The molecular formula is C17H27N. The summed E-state index contributed by atoms with van der Waals surface area (Å²) >= 11 is 0. The fourth-order valence-corrected chi connectivity index (χ4v) is 3.30. The van der Waals surface area contributed by atoms with Crippen molar-refractivity contribution in [1.82, 2.24) is 0 Å². The minimum atomic E-state index is 0.203. The normalized spacial score (nSPS) is 20.6. The van der Waals surface area contributed by atoms with Crippen molar-refractivity contribution >= 4 is 0 Å². The number of nitrogens with two attached hydrogens (primary N) is 1. The molecule has 0 saturated heterocycles. The summed E-state index contributed by atoms with van der Waals surface area (Å²) in [5.74, 6) is 0. The van der Waals surface area contributed by atoms with Gasteiger partial charge in [0.15, 0.2) is 0 Å². The van der Waals surface area contributed by atoms with E-state index in [1.165, 1.54) is 49.7 Å². The van der Waals surface area contributed by atoms with Gasteiger partial charge < -0.3 is 5.73 Å². The van der Waals surface area contributed by atoms with Gasteiger partial charge in [-0.15, -0.1) is 0 Å². The van der Waals surface area contributed by atoms with Crippen molar-refractivity contribution in [3.63, 3.8) is 0 Å². The van der Waals surface area contributed by atoms with E-state index >= 15 is 0 Å². The molecule has 1 unspecified atom stereocenters. The van der Waals surface area contributed by atoms with E-state index in [9.17, 15) is 0 Å². The summed E-state index contributed by atoms with van der Waals surface area (Å²) in [5, 5.41) is 0. The van der Waals surface area contributed by atoms with Gasteiger partial charge in [-0.2, -0.15) is 0 Å². The van der Waals surface area contributed by atoms with Crippen molar-refractivity contribution in [1.29, 1.82) is 0 Å². The smallest absolute Gasteiger partial charge is 0.0349 e. The van der Waals surface area contributed by atoms with Crippen LogP contribution in [0.1, 0.15) is 69.5 Å². The second kappa shape index (κ2) is 5.88. The third-order valence-corrected chi connectivity index (χ3v) is 4.60. The van der Waals surface area contributed by atoms with Gasteiger partial charge in [0.2, 0.25) is 0 Å². The SMILES string of the molecule is CCCc1cccc(C(N)C2(C)CCCCC2)c1. The maximum absolute atomic E-state index is 6.57. The minimum Gasteiger partial charge on any atom is -0.323 e. The van der Waals surface area contributed by atoms with Gasteiger partial charge in [-0.25, -0.2) is 0 Å². The molecule has 0 spiro atoms. The number of hydrogen-bond donors (Lipinski definition) is 1. The molecule has 1 heteroatoms. The molecule has 1 atom stereocenters. The van der Waals surface area contributed by atoms with Crippen LogP contribution < -0.4 is 5.73 Å². The molecule has 1 aromatic rings. The van der Waals surface area contributed by atoms with E-state index in [4.69, 9.17) is 5.73 Å². The second-order valence-electron chi connectivity index (χ2n) is 6.19. The van der Waals surface area contributed by atoms with Crippen molar-refractivity contribution in [2.75, 3.05) is 0 Å². The Balaban J connectivity index is 2.16. The van der Waals surface area contributed by atoms with Crippen LogP contribution in [-0.4, -0.2) is 0 Å². The van der Waals surface area contributed by atoms with E-state index < -0.39 is 0 Å². The first-order chi connectivity index (χ1) is 8.65. The first-order valence-corrected chi connectivity index (χ1v) is 7.50. The summed E-state index contributed by atoms with van der Waals surface area (Å²) in [4.78, 5) is 0. The van der Waals surface area contributed by atoms with Crippen LogP contribution in [0.5, 0.6) is 0 Å². The van der Waals surface area contributed by atoms with Crippen molar-refractivity contribution in [3.05, 3.63) is 35.4 Å². The first kappa shape index (κ1) is 13.6. The third-order valence-electron chi connectivity index (χ3n) is 4.60. The van der Waals surface area contributed by atoms with E-state index in [1.807, 2.05) is 0 Å². The second-order valence-corrected chi connectivity index (χ2v) is 6.19. The third kappa shape index (κ3) is 2.95. The average molecular weight is 245 g/mol. The standard InChI is InChI=1S/C17H27N/c1-3-8-14-9-7-10-15(13-14)16(18)17(2)11-5-4-6-12-17/h7,9-10,13,16H,3-6,8,11-12,18H2,1-2H3. The fraction of sp³-hybridized carbons (Fsp3) is 0.647.